The summed E-state index contributed by atoms with van der Waals surface area (Å²) in [6.07, 6.45) is 2.19. The summed E-state index contributed by atoms with van der Waals surface area (Å²) in [4.78, 5) is 0. The molecule has 18 aromatic rings. The Kier molecular flexibility index (Phi) is 13.5. The van der Waals surface area contributed by atoms with E-state index in [2.05, 4.69) is 321 Å². The second-order valence-corrected chi connectivity index (χ2v) is 29.8. The van der Waals surface area contributed by atoms with E-state index < -0.39 is 0 Å². The molecule has 0 spiro atoms. The van der Waals surface area contributed by atoms with Gasteiger partial charge in [-0.2, -0.15) is 0 Å². The zero-order valence-electron chi connectivity index (χ0n) is 56.9. The van der Waals surface area contributed by atoms with Crippen molar-refractivity contribution in [3.05, 3.63) is 276 Å². The van der Waals surface area contributed by atoms with Crippen LogP contribution >= 0.6 is 0 Å². The number of nitrogens with zero attached hydrogens (tertiary/aromatic N) is 2. The molecule has 0 N–H and O–H groups in total. The number of fused-ring (bicyclic) bond motifs is 16. The van der Waals surface area contributed by atoms with E-state index in [-0.39, 0.29) is 0 Å². The average molecular weight is 1240 g/mol. The standard InChI is InChI=1S/C94H80N2/c1-53(2)61-23-27-67-49-89-81(41-71(67)35-61)85-45-75(78-34-32-63(55(5)6)39-79(78)60-19-15-12-16-20-60)46-86-83-43-73-37-65(25-29-69(73)51-91(83)95(89)93(85)86)57(9)21-22-58(10)66-26-30-70-52-92-84(44-74(70)38-66)88-48-76(80-40-64(56(7)8)31-33-77(80)59-17-13-11-14-18-59)47-87-82-42-72-36-62(54(3)4)24-28-68(72)50-90(82)96(92)94(87)88/h11-20,23-58H,21-22H2,1-10H3. The first kappa shape index (κ1) is 58.3. The first-order valence-corrected chi connectivity index (χ1v) is 35.3. The molecule has 18 rings (SSSR count). The van der Waals surface area contributed by atoms with Crippen molar-refractivity contribution in [3.8, 4) is 44.5 Å². The second kappa shape index (κ2) is 22.2. The van der Waals surface area contributed by atoms with Crippen molar-refractivity contribution < 1.29 is 0 Å². The highest BCUT2D eigenvalue weighted by molar-refractivity contribution is 6.29. The Morgan fingerprint density at radius 1 is 0.219 bits per heavy atom. The maximum Gasteiger partial charge on any atom is 0.0620 e. The van der Waals surface area contributed by atoms with E-state index in [0.29, 0.717) is 35.5 Å². The maximum absolute atomic E-state index is 2.59. The molecule has 466 valence electrons. The van der Waals surface area contributed by atoms with Gasteiger partial charge in [0.05, 0.1) is 33.1 Å². The molecule has 0 bridgehead atoms. The van der Waals surface area contributed by atoms with Crippen LogP contribution in [0.5, 0.6) is 0 Å². The molecular formula is C94H80N2. The molecule has 0 saturated carbocycles. The van der Waals surface area contributed by atoms with Crippen LogP contribution in [0.2, 0.25) is 0 Å². The van der Waals surface area contributed by atoms with E-state index in [1.54, 1.807) is 0 Å². The van der Waals surface area contributed by atoms with Crippen molar-refractivity contribution in [1.82, 2.24) is 8.80 Å². The number of hydrogen-bond acceptors (Lipinski definition) is 0. The number of benzene rings is 14. The maximum atomic E-state index is 2.59. The third-order valence-corrected chi connectivity index (χ3v) is 22.4. The van der Waals surface area contributed by atoms with Crippen LogP contribution < -0.4 is 0 Å². The van der Waals surface area contributed by atoms with E-state index in [1.165, 1.54) is 197 Å². The smallest absolute Gasteiger partial charge is 0.0620 e. The van der Waals surface area contributed by atoms with Crippen molar-refractivity contribution in [2.75, 3.05) is 0 Å². The molecule has 0 amide bonds. The van der Waals surface area contributed by atoms with Crippen LogP contribution in [0.25, 0.3) is 164 Å². The summed E-state index contributed by atoms with van der Waals surface area (Å²) in [5, 5.41) is 20.8. The van der Waals surface area contributed by atoms with Crippen molar-refractivity contribution >= 4 is 119 Å². The zero-order valence-corrected chi connectivity index (χ0v) is 56.9. The Morgan fingerprint density at radius 2 is 0.500 bits per heavy atom. The molecular weight excluding hydrogens is 1160 g/mol. The van der Waals surface area contributed by atoms with Crippen molar-refractivity contribution in [2.45, 2.75) is 118 Å². The molecule has 2 unspecified atom stereocenters. The summed E-state index contributed by atoms with van der Waals surface area (Å²) in [6.45, 7) is 23.3. The molecule has 0 saturated heterocycles. The quantitative estimate of drug-likeness (QED) is 0.109. The van der Waals surface area contributed by atoms with E-state index in [1.807, 2.05) is 0 Å². The van der Waals surface area contributed by atoms with Gasteiger partial charge < -0.3 is 8.80 Å². The van der Waals surface area contributed by atoms with Crippen LogP contribution in [0.15, 0.2) is 243 Å². The lowest BCUT2D eigenvalue weighted by atomic mass is 9.87. The van der Waals surface area contributed by atoms with Gasteiger partial charge in [-0.1, -0.05) is 239 Å². The molecule has 2 atom stereocenters. The largest absolute Gasteiger partial charge is 0.308 e. The molecule has 4 aromatic heterocycles. The van der Waals surface area contributed by atoms with E-state index in [0.717, 1.165) is 12.8 Å². The summed E-state index contributed by atoms with van der Waals surface area (Å²) in [6, 6.07) is 94.9. The fourth-order valence-electron chi connectivity index (χ4n) is 16.7. The number of aromatic nitrogens is 2. The molecule has 0 aliphatic rings. The Morgan fingerprint density at radius 3 is 0.854 bits per heavy atom. The molecule has 2 heteroatoms. The van der Waals surface area contributed by atoms with E-state index in [4.69, 9.17) is 0 Å². The van der Waals surface area contributed by atoms with Crippen LogP contribution in [0.3, 0.4) is 0 Å². The third-order valence-electron chi connectivity index (χ3n) is 22.4. The summed E-state index contributed by atoms with van der Waals surface area (Å²) >= 11 is 0. The second-order valence-electron chi connectivity index (χ2n) is 29.8. The highest BCUT2D eigenvalue weighted by Crippen LogP contribution is 2.49. The number of hydrogen-bond donors (Lipinski definition) is 0. The topological polar surface area (TPSA) is 8.82 Å². The van der Waals surface area contributed by atoms with Crippen LogP contribution in [-0.2, 0) is 0 Å². The minimum absolute atomic E-state index is 0.383. The van der Waals surface area contributed by atoms with Crippen LogP contribution in [0.4, 0.5) is 0 Å². The average Bonchev–Trinajstić information content (AvgIpc) is 1.54. The first-order valence-electron chi connectivity index (χ1n) is 35.3. The lowest BCUT2D eigenvalue weighted by Gasteiger charge is -2.18. The summed E-state index contributed by atoms with van der Waals surface area (Å²) in [5.41, 5.74) is 26.1. The lowest BCUT2D eigenvalue weighted by molar-refractivity contribution is 0.574. The highest BCUT2D eigenvalue weighted by Gasteiger charge is 2.26. The molecule has 2 nitrogen and oxygen atoms in total. The normalized spacial score (nSPS) is 13.3. The molecule has 0 fully saturated rings. The van der Waals surface area contributed by atoms with Gasteiger partial charge in [-0.25, -0.2) is 0 Å². The molecule has 0 radical (unpaired) electrons. The first-order chi connectivity index (χ1) is 46.7. The fourth-order valence-corrected chi connectivity index (χ4v) is 16.7. The van der Waals surface area contributed by atoms with Crippen LogP contribution in [-0.4, -0.2) is 8.80 Å². The fraction of sp³-hybridized carbons (Fsp3) is 0.191. The van der Waals surface area contributed by atoms with Gasteiger partial charge in [0.1, 0.15) is 0 Å². The highest BCUT2D eigenvalue weighted by atomic mass is 14.9. The minimum atomic E-state index is 0.383. The van der Waals surface area contributed by atoms with Gasteiger partial charge >= 0.3 is 0 Å². The van der Waals surface area contributed by atoms with Crippen molar-refractivity contribution in [2.24, 2.45) is 0 Å². The summed E-state index contributed by atoms with van der Waals surface area (Å²) < 4.78 is 5.17. The molecule has 4 heterocycles. The predicted octanol–water partition coefficient (Wildman–Crippen LogP) is 27.4. The van der Waals surface area contributed by atoms with E-state index in [9.17, 15) is 0 Å². The van der Waals surface area contributed by atoms with Gasteiger partial charge in [-0.3, -0.25) is 0 Å². The zero-order chi connectivity index (χ0) is 65.1. The SMILES string of the molecule is CC(C)c1ccc(-c2cc3c4cc5cc(C(C)C)ccc5cc4n4c5cc6ccc(C(C)CCC(C)c7ccc8cc9c(cc8c7)c7cc(-c8cc(C(C)C)ccc8-c8ccccc8)cc8c%10cc%11cc(C(C)C)ccc%11cc%10n9c87)cc6cc5c(c2)c34)c(-c2ccccc2)c1. The Balaban J connectivity index is 0.715. The molecule has 0 aliphatic heterocycles. The Labute approximate surface area is 562 Å². The Hall–Kier alpha value is -10.3. The van der Waals surface area contributed by atoms with Gasteiger partial charge in [-0.05, 0) is 242 Å². The van der Waals surface area contributed by atoms with E-state index >= 15 is 0 Å². The summed E-state index contributed by atoms with van der Waals surface area (Å²) in [7, 11) is 0. The van der Waals surface area contributed by atoms with Crippen LogP contribution in [0, 0.1) is 0 Å². The van der Waals surface area contributed by atoms with Gasteiger partial charge in [0.2, 0.25) is 0 Å². The monoisotopic (exact) mass is 1240 g/mol. The molecule has 96 heavy (non-hydrogen) atoms. The third kappa shape index (κ3) is 9.26. The lowest BCUT2D eigenvalue weighted by Crippen LogP contribution is -1.99. The van der Waals surface area contributed by atoms with Crippen LogP contribution in [0.1, 0.15) is 151 Å². The van der Waals surface area contributed by atoms with Gasteiger partial charge in [-0.15, -0.1) is 0 Å². The predicted molar refractivity (Wildman–Crippen MR) is 416 cm³/mol. The Bertz CT molecular complexity index is 6170. The molecule has 14 aromatic carbocycles. The minimum Gasteiger partial charge on any atom is -0.308 e. The number of rotatable bonds is 13. The molecule has 0 aliphatic carbocycles. The van der Waals surface area contributed by atoms with Gasteiger partial charge in [0.25, 0.3) is 0 Å². The summed E-state index contributed by atoms with van der Waals surface area (Å²) in [5.74, 6) is 2.51. The van der Waals surface area contributed by atoms with Gasteiger partial charge in [0, 0.05) is 43.1 Å². The van der Waals surface area contributed by atoms with Crippen molar-refractivity contribution in [3.63, 3.8) is 0 Å². The van der Waals surface area contributed by atoms with Gasteiger partial charge in [0.15, 0.2) is 0 Å². The van der Waals surface area contributed by atoms with Crippen molar-refractivity contribution in [1.29, 1.82) is 0 Å².